The van der Waals surface area contributed by atoms with E-state index in [4.69, 9.17) is 4.74 Å². The monoisotopic (exact) mass is 381 g/mol. The molecule has 0 amide bonds. The highest BCUT2D eigenvalue weighted by molar-refractivity contribution is 5.68. The molecule has 0 unspecified atom stereocenters. The number of phenolic OH excluding ortho intramolecular Hbond substituents is 1. The normalized spacial score (nSPS) is 26.3. The molecule has 1 aromatic carbocycles. The summed E-state index contributed by atoms with van der Waals surface area (Å²) in [5, 5.41) is 26.0. The maximum atomic E-state index is 14.5. The molecule has 0 aliphatic carbocycles. The third-order valence-electron chi connectivity index (χ3n) is 5.47. The van der Waals surface area contributed by atoms with Gasteiger partial charge in [0.25, 0.3) is 0 Å². The fraction of sp³-hybridized carbons (Fsp3) is 0.350. The second-order valence-electron chi connectivity index (χ2n) is 7.29. The van der Waals surface area contributed by atoms with Crippen molar-refractivity contribution >= 4 is 0 Å². The van der Waals surface area contributed by atoms with Crippen molar-refractivity contribution in [2.45, 2.75) is 43.6 Å². The molecule has 7 nitrogen and oxygen atoms in total. The average Bonchev–Trinajstić information content (AvgIpc) is 3.37. The quantitative estimate of drug-likeness (QED) is 0.723. The Hall–Kier alpha value is -3.00. The lowest BCUT2D eigenvalue weighted by Crippen LogP contribution is -2.51. The van der Waals surface area contributed by atoms with Gasteiger partial charge in [-0.3, -0.25) is 0 Å². The molecule has 3 aromatic rings. The standard InChI is InChI=1S/C20H20FN5O2/c21-20-16-5-2-12(23-16)10-18(20)28-19-7-6-15(24-25-19)14-4-3-13(11-17(14)27)26-9-1-8-22-26/h1,3-4,6-9,11-12,16,18,20,23,27H,2,5,10H2/t12-,16+,18-,20+/m1/s1. The van der Waals surface area contributed by atoms with E-state index >= 15 is 0 Å². The number of nitrogens with one attached hydrogen (secondary N) is 1. The molecule has 2 aliphatic rings. The molecule has 2 aliphatic heterocycles. The summed E-state index contributed by atoms with van der Waals surface area (Å²) in [6.07, 6.45) is 4.40. The Labute approximate surface area is 161 Å². The van der Waals surface area contributed by atoms with Gasteiger partial charge in [0.2, 0.25) is 5.88 Å². The Kier molecular flexibility index (Phi) is 4.20. The van der Waals surface area contributed by atoms with Crippen molar-refractivity contribution in [3.8, 4) is 28.6 Å². The number of nitrogens with zero attached hydrogens (tertiary/aromatic N) is 4. The van der Waals surface area contributed by atoms with Gasteiger partial charge in [0.1, 0.15) is 11.9 Å². The number of piperidine rings is 1. The van der Waals surface area contributed by atoms with Gasteiger partial charge in [0.05, 0.1) is 11.4 Å². The fourth-order valence-corrected chi connectivity index (χ4v) is 4.05. The van der Waals surface area contributed by atoms with Gasteiger partial charge in [-0.2, -0.15) is 5.10 Å². The first-order chi connectivity index (χ1) is 13.7. The third kappa shape index (κ3) is 3.09. The SMILES string of the molecule is Oc1cc(-n2cccn2)ccc1-c1ccc(O[C@@H]2C[C@H]3CC[C@H](N3)[C@@H]2F)nn1. The lowest BCUT2D eigenvalue weighted by molar-refractivity contribution is 0.0422. The minimum absolute atomic E-state index is 0.0784. The fourth-order valence-electron chi connectivity index (χ4n) is 4.05. The van der Waals surface area contributed by atoms with Crippen molar-refractivity contribution in [3.63, 3.8) is 0 Å². The van der Waals surface area contributed by atoms with Gasteiger partial charge in [-0.25, -0.2) is 9.07 Å². The number of aromatic hydroxyl groups is 1. The maximum Gasteiger partial charge on any atom is 0.233 e. The number of alkyl halides is 1. The average molecular weight is 381 g/mol. The molecule has 2 aromatic heterocycles. The predicted octanol–water partition coefficient (Wildman–Crippen LogP) is 2.64. The summed E-state index contributed by atoms with van der Waals surface area (Å²) in [4.78, 5) is 0. The molecule has 2 N–H and O–H groups in total. The summed E-state index contributed by atoms with van der Waals surface area (Å²) in [6.45, 7) is 0. The zero-order valence-corrected chi connectivity index (χ0v) is 15.1. The molecule has 4 atom stereocenters. The van der Waals surface area contributed by atoms with E-state index in [1.165, 1.54) is 0 Å². The highest BCUT2D eigenvalue weighted by Gasteiger charge is 2.43. The Morgan fingerprint density at radius 1 is 1.18 bits per heavy atom. The first-order valence-electron chi connectivity index (χ1n) is 9.41. The number of ether oxygens (including phenoxy) is 1. The topological polar surface area (TPSA) is 85.1 Å². The Morgan fingerprint density at radius 3 is 2.86 bits per heavy atom. The van der Waals surface area contributed by atoms with E-state index in [1.807, 2.05) is 12.1 Å². The van der Waals surface area contributed by atoms with Gasteiger partial charge in [-0.15, -0.1) is 10.2 Å². The van der Waals surface area contributed by atoms with Crippen LogP contribution in [-0.4, -0.2) is 49.4 Å². The van der Waals surface area contributed by atoms with Gasteiger partial charge in [0.15, 0.2) is 6.17 Å². The molecular weight excluding hydrogens is 361 g/mol. The van der Waals surface area contributed by atoms with E-state index in [0.29, 0.717) is 29.6 Å². The minimum Gasteiger partial charge on any atom is -0.507 e. The largest absolute Gasteiger partial charge is 0.507 e. The highest BCUT2D eigenvalue weighted by Crippen LogP contribution is 2.33. The third-order valence-corrected chi connectivity index (χ3v) is 5.47. The molecule has 2 bridgehead atoms. The summed E-state index contributed by atoms with van der Waals surface area (Å²) in [6, 6.07) is 10.6. The lowest BCUT2D eigenvalue weighted by atomic mass is 10.0. The Bertz CT molecular complexity index is 963. The minimum atomic E-state index is -1.04. The summed E-state index contributed by atoms with van der Waals surface area (Å²) in [5.74, 6) is 0.375. The van der Waals surface area contributed by atoms with Gasteiger partial charge in [-0.1, -0.05) is 0 Å². The molecule has 8 heteroatoms. The van der Waals surface area contributed by atoms with E-state index < -0.39 is 12.3 Å². The van der Waals surface area contributed by atoms with Crippen LogP contribution in [0.25, 0.3) is 16.9 Å². The number of hydrogen-bond acceptors (Lipinski definition) is 6. The molecule has 5 rings (SSSR count). The molecule has 2 fully saturated rings. The van der Waals surface area contributed by atoms with Crippen LogP contribution in [0.15, 0.2) is 48.8 Å². The van der Waals surface area contributed by atoms with E-state index in [2.05, 4.69) is 20.6 Å². The van der Waals surface area contributed by atoms with Crippen LogP contribution in [0.4, 0.5) is 4.39 Å². The first-order valence-corrected chi connectivity index (χ1v) is 9.41. The van der Waals surface area contributed by atoms with Crippen LogP contribution in [0.3, 0.4) is 0 Å². The van der Waals surface area contributed by atoms with Crippen molar-refractivity contribution in [1.82, 2.24) is 25.3 Å². The second-order valence-corrected chi connectivity index (χ2v) is 7.29. The Balaban J connectivity index is 1.32. The number of phenols is 1. The summed E-state index contributed by atoms with van der Waals surface area (Å²) >= 11 is 0. The van der Waals surface area contributed by atoms with Crippen molar-refractivity contribution in [2.24, 2.45) is 0 Å². The van der Waals surface area contributed by atoms with Gasteiger partial charge in [-0.05, 0) is 37.1 Å². The molecule has 2 saturated heterocycles. The maximum absolute atomic E-state index is 14.5. The summed E-state index contributed by atoms with van der Waals surface area (Å²) in [5.41, 5.74) is 1.81. The molecule has 28 heavy (non-hydrogen) atoms. The zero-order chi connectivity index (χ0) is 19.1. The predicted molar refractivity (Wildman–Crippen MR) is 100 cm³/mol. The number of halogens is 1. The lowest BCUT2D eigenvalue weighted by Gasteiger charge is -2.32. The second kappa shape index (κ2) is 6.87. The van der Waals surface area contributed by atoms with E-state index in [-0.39, 0.29) is 11.8 Å². The molecule has 144 valence electrons. The summed E-state index contributed by atoms with van der Waals surface area (Å²) in [7, 11) is 0. The molecular formula is C20H20FN5O2. The van der Waals surface area contributed by atoms with E-state index in [9.17, 15) is 9.50 Å². The Morgan fingerprint density at radius 2 is 2.11 bits per heavy atom. The van der Waals surface area contributed by atoms with E-state index in [0.717, 1.165) is 18.5 Å². The van der Waals surface area contributed by atoms with E-state index in [1.54, 1.807) is 41.3 Å². The van der Waals surface area contributed by atoms with Crippen LogP contribution < -0.4 is 10.1 Å². The van der Waals surface area contributed by atoms with Crippen LogP contribution in [0.1, 0.15) is 19.3 Å². The van der Waals surface area contributed by atoms with Crippen LogP contribution in [0.2, 0.25) is 0 Å². The van der Waals surface area contributed by atoms with Crippen molar-refractivity contribution < 1.29 is 14.2 Å². The number of aromatic nitrogens is 4. The van der Waals surface area contributed by atoms with Gasteiger partial charge < -0.3 is 15.2 Å². The molecule has 0 spiro atoms. The number of rotatable bonds is 4. The van der Waals surface area contributed by atoms with Crippen LogP contribution in [0.5, 0.6) is 11.6 Å². The molecule has 4 heterocycles. The van der Waals surface area contributed by atoms with Crippen LogP contribution >= 0.6 is 0 Å². The number of hydrogen-bond donors (Lipinski definition) is 2. The van der Waals surface area contributed by atoms with Crippen LogP contribution in [0, 0.1) is 0 Å². The summed E-state index contributed by atoms with van der Waals surface area (Å²) < 4.78 is 21.9. The van der Waals surface area contributed by atoms with Gasteiger partial charge >= 0.3 is 0 Å². The molecule has 0 saturated carbocycles. The highest BCUT2D eigenvalue weighted by atomic mass is 19.1. The molecule has 0 radical (unpaired) electrons. The van der Waals surface area contributed by atoms with Crippen LogP contribution in [-0.2, 0) is 0 Å². The number of fused-ring (bicyclic) bond motifs is 2. The zero-order valence-electron chi connectivity index (χ0n) is 15.1. The number of benzene rings is 1. The smallest absolute Gasteiger partial charge is 0.233 e. The van der Waals surface area contributed by atoms with Crippen molar-refractivity contribution in [2.75, 3.05) is 0 Å². The first kappa shape index (κ1) is 17.1. The van der Waals surface area contributed by atoms with Crippen molar-refractivity contribution in [3.05, 3.63) is 48.8 Å². The van der Waals surface area contributed by atoms with Crippen molar-refractivity contribution in [1.29, 1.82) is 0 Å². The van der Waals surface area contributed by atoms with Gasteiger partial charge in [0, 0.05) is 48.6 Å².